The van der Waals surface area contributed by atoms with Crippen molar-refractivity contribution in [1.29, 1.82) is 0 Å². The number of esters is 1. The first-order valence-electron chi connectivity index (χ1n) is 29.3. The van der Waals surface area contributed by atoms with Gasteiger partial charge in [0.05, 0.1) is 30.3 Å². The van der Waals surface area contributed by atoms with E-state index in [0.29, 0.717) is 87.3 Å². The van der Waals surface area contributed by atoms with Crippen molar-refractivity contribution in [1.82, 2.24) is 28.7 Å². The van der Waals surface area contributed by atoms with Gasteiger partial charge in [-0.15, -0.1) is 0 Å². The Balaban J connectivity index is 0.000000202. The number of rotatable bonds is 14. The Morgan fingerprint density at radius 1 is 0.548 bits per heavy atom. The fraction of sp³-hybridized carbons (Fsp3) is 0.492. The van der Waals surface area contributed by atoms with Crippen molar-refractivity contribution in [3.05, 3.63) is 139 Å². The molecule has 10 rings (SSSR count). The van der Waals surface area contributed by atoms with Crippen molar-refractivity contribution in [2.24, 2.45) is 0 Å². The number of carbonyl (C=O) groups is 3. The van der Waals surface area contributed by atoms with Crippen molar-refractivity contribution in [2.45, 2.75) is 137 Å². The van der Waals surface area contributed by atoms with E-state index in [1.54, 1.807) is 28.8 Å². The van der Waals surface area contributed by atoms with Gasteiger partial charge in [0, 0.05) is 100 Å². The lowest BCUT2D eigenvalue weighted by atomic mass is 10.0. The number of nitrogens with zero attached hydrogens (tertiary/aromatic N) is 6. The molecule has 4 aliphatic heterocycles. The van der Waals surface area contributed by atoms with E-state index < -0.39 is 17.2 Å². The van der Waals surface area contributed by atoms with Crippen LogP contribution < -0.4 is 30.1 Å². The number of carbonyl (C=O) groups excluding carboxylic acids is 3. The molecule has 2 saturated heterocycles. The summed E-state index contributed by atoms with van der Waals surface area (Å²) in [4.78, 5) is 73.2. The van der Waals surface area contributed by atoms with Crippen LogP contribution in [0.5, 0.6) is 23.0 Å². The minimum atomic E-state index is -0.610. The van der Waals surface area contributed by atoms with Crippen LogP contribution in [0.15, 0.2) is 94.5 Å². The quantitative estimate of drug-likeness (QED) is 0.0801. The first kappa shape index (κ1) is 61.0. The highest BCUT2D eigenvalue weighted by Crippen LogP contribution is 2.34. The molecule has 19 nitrogen and oxygen atoms in total. The predicted molar refractivity (Wildman–Crippen MR) is 320 cm³/mol. The fourth-order valence-electron chi connectivity index (χ4n) is 11.5. The smallest absolute Gasteiger partial charge is 0.410 e. The number of aryl methyl sites for hydroxylation is 2. The number of hydrogen-bond donors (Lipinski definition) is 1. The lowest BCUT2D eigenvalue weighted by molar-refractivity contribution is 0.00468. The van der Waals surface area contributed by atoms with Crippen LogP contribution in [-0.4, -0.2) is 148 Å². The summed E-state index contributed by atoms with van der Waals surface area (Å²) < 4.78 is 43.0. The first-order valence-corrected chi connectivity index (χ1v) is 29.3. The molecule has 0 bridgehead atoms. The Bertz CT molecular complexity index is 3460. The van der Waals surface area contributed by atoms with Gasteiger partial charge in [0.1, 0.15) is 37.6 Å². The van der Waals surface area contributed by atoms with Crippen LogP contribution in [0.25, 0.3) is 21.8 Å². The van der Waals surface area contributed by atoms with Crippen LogP contribution in [0.2, 0.25) is 0 Å². The Labute approximate surface area is 491 Å². The largest absolute Gasteiger partial charge is 0.486 e. The van der Waals surface area contributed by atoms with Crippen molar-refractivity contribution in [3.63, 3.8) is 0 Å². The topological polar surface area (TPSA) is 193 Å². The molecule has 4 aromatic carbocycles. The van der Waals surface area contributed by atoms with Crippen LogP contribution in [-0.2, 0) is 47.0 Å². The maximum absolute atomic E-state index is 13.4. The zero-order chi connectivity index (χ0) is 59.9. The normalized spacial score (nSPS) is 15.9. The Morgan fingerprint density at radius 2 is 0.964 bits per heavy atom. The number of hydrogen-bond acceptors (Lipinski definition) is 15. The van der Waals surface area contributed by atoms with Gasteiger partial charge in [-0.1, -0.05) is 18.2 Å². The molecule has 2 amide bonds. The van der Waals surface area contributed by atoms with E-state index in [1.807, 2.05) is 124 Å². The second-order valence-corrected chi connectivity index (χ2v) is 24.2. The summed E-state index contributed by atoms with van der Waals surface area (Å²) in [7, 11) is 1.36. The van der Waals surface area contributed by atoms with Gasteiger partial charge in [-0.25, -0.2) is 14.4 Å². The number of aromatic nitrogens is 2. The monoisotopic (exact) mass is 1150 g/mol. The number of aliphatic hydroxyl groups excluding tert-OH is 1. The van der Waals surface area contributed by atoms with Gasteiger partial charge in [0.15, 0.2) is 23.0 Å². The summed E-state index contributed by atoms with van der Waals surface area (Å²) in [5.74, 6) is 2.42. The van der Waals surface area contributed by atoms with E-state index in [2.05, 4.69) is 9.80 Å². The molecule has 0 aliphatic carbocycles. The maximum atomic E-state index is 13.4. The third kappa shape index (κ3) is 15.2. The number of amides is 2. The standard InChI is InChI=1S/C33H41N3O7.C32H41N3O6/c1-22-18-26(31(38)40-5)25-7-9-30(37)35(27(25)19-22)15-14-34-12-10-24(11-13-34)36(32(39)43-33(2,3)4)21-23-6-8-28-29(20-23)42-17-16-41-28;1-22-17-24(21-36)26-6-8-30(37)34(27(26)18-22)14-13-33-11-9-25(10-12-33)35(31(38)41-32(2,3)4)20-23-5-7-28-29(19-23)40-16-15-39-28/h6-9,18-20,24H,10-17,21H2,1-5H3;5-8,17-19,25,36H,9-16,20-21H2,1-4H3. The predicted octanol–water partition coefficient (Wildman–Crippen LogP) is 9.24. The zero-order valence-corrected chi connectivity index (χ0v) is 50.2. The number of aliphatic hydroxyl groups is 1. The van der Waals surface area contributed by atoms with Crippen LogP contribution in [0, 0.1) is 13.8 Å². The summed E-state index contributed by atoms with van der Waals surface area (Å²) in [6, 6.07) is 26.0. The van der Waals surface area contributed by atoms with Gasteiger partial charge in [0.25, 0.3) is 11.1 Å². The third-order valence-corrected chi connectivity index (χ3v) is 15.6. The van der Waals surface area contributed by atoms with Gasteiger partial charge in [-0.3, -0.25) is 9.59 Å². The van der Waals surface area contributed by atoms with E-state index in [-0.39, 0.29) is 42.0 Å². The third-order valence-electron chi connectivity index (χ3n) is 15.6. The number of fused-ring (bicyclic) bond motifs is 4. The molecule has 0 radical (unpaired) electrons. The van der Waals surface area contributed by atoms with Crippen molar-refractivity contribution in [2.75, 3.05) is 72.8 Å². The van der Waals surface area contributed by atoms with Gasteiger partial charge >= 0.3 is 18.2 Å². The molecule has 2 fully saturated rings. The van der Waals surface area contributed by atoms with E-state index in [1.165, 1.54) is 13.2 Å². The lowest BCUT2D eigenvalue weighted by Gasteiger charge is -2.39. The van der Waals surface area contributed by atoms with Gasteiger partial charge in [-0.2, -0.15) is 0 Å². The molecular weight excluding hydrogens is 1070 g/mol. The summed E-state index contributed by atoms with van der Waals surface area (Å²) in [5.41, 5.74) is 5.31. The molecule has 0 atom stereocenters. The van der Waals surface area contributed by atoms with Crippen molar-refractivity contribution >= 4 is 40.0 Å². The summed E-state index contributed by atoms with van der Waals surface area (Å²) in [6.45, 7) is 23.6. The molecule has 84 heavy (non-hydrogen) atoms. The molecule has 450 valence electrons. The number of likely N-dealkylation sites (tertiary alicyclic amines) is 2. The minimum absolute atomic E-state index is 0.00448. The van der Waals surface area contributed by atoms with Crippen LogP contribution in [0.3, 0.4) is 0 Å². The Kier molecular flexibility index (Phi) is 19.3. The highest BCUT2D eigenvalue weighted by atomic mass is 16.6. The van der Waals surface area contributed by atoms with E-state index in [9.17, 15) is 29.1 Å². The number of piperidine rings is 2. The molecule has 0 spiro atoms. The Morgan fingerprint density at radius 3 is 1.39 bits per heavy atom. The molecule has 19 heteroatoms. The van der Waals surface area contributed by atoms with E-state index in [4.69, 9.17) is 33.2 Å². The molecule has 1 N–H and O–H groups in total. The van der Waals surface area contributed by atoms with Crippen LogP contribution in [0.4, 0.5) is 9.59 Å². The lowest BCUT2D eigenvalue weighted by Crippen LogP contribution is -2.49. The highest BCUT2D eigenvalue weighted by molar-refractivity contribution is 6.04. The molecule has 0 saturated carbocycles. The zero-order valence-electron chi connectivity index (χ0n) is 50.2. The number of ether oxygens (including phenoxy) is 7. The summed E-state index contributed by atoms with van der Waals surface area (Å²) in [6.07, 6.45) is 2.52. The molecule has 6 heterocycles. The Hall–Kier alpha value is -7.61. The average molecular weight is 1160 g/mol. The van der Waals surface area contributed by atoms with Gasteiger partial charge < -0.3 is 67.0 Å². The van der Waals surface area contributed by atoms with Crippen LogP contribution in [0.1, 0.15) is 105 Å². The molecule has 2 aromatic heterocycles. The summed E-state index contributed by atoms with van der Waals surface area (Å²) in [5, 5.41) is 11.4. The summed E-state index contributed by atoms with van der Waals surface area (Å²) >= 11 is 0. The minimum Gasteiger partial charge on any atom is -0.486 e. The fourth-order valence-corrected chi connectivity index (χ4v) is 11.5. The highest BCUT2D eigenvalue weighted by Gasteiger charge is 2.34. The van der Waals surface area contributed by atoms with Crippen LogP contribution >= 0.6 is 0 Å². The maximum Gasteiger partial charge on any atom is 0.410 e. The van der Waals surface area contributed by atoms with Gasteiger partial charge in [-0.05, 0) is 163 Å². The molecular formula is C65H82N6O13. The second-order valence-electron chi connectivity index (χ2n) is 24.2. The molecule has 0 unspecified atom stereocenters. The molecule has 4 aliphatic rings. The second kappa shape index (κ2) is 26.5. The average Bonchev–Trinajstić information content (AvgIpc) is 3.59. The molecule has 6 aromatic rings. The van der Waals surface area contributed by atoms with E-state index in [0.717, 1.165) is 108 Å². The number of pyridine rings is 2. The number of benzene rings is 4. The van der Waals surface area contributed by atoms with Crippen molar-refractivity contribution < 1.29 is 52.6 Å². The van der Waals surface area contributed by atoms with E-state index >= 15 is 0 Å². The first-order chi connectivity index (χ1) is 40.1. The van der Waals surface area contributed by atoms with Crippen molar-refractivity contribution in [3.8, 4) is 23.0 Å². The number of methoxy groups -OCH3 is 1. The van der Waals surface area contributed by atoms with Gasteiger partial charge in [0.2, 0.25) is 0 Å². The SMILES string of the molecule is COC(=O)c1cc(C)cc2c1ccc(=O)n2CCN1CCC(N(Cc2ccc3c(c2)OCCO3)C(=O)OC(C)(C)C)CC1.Cc1cc(CO)c2ccc(=O)n(CCN3CCC(N(Cc4ccc5c(c4)OCCO5)C(=O)OC(C)(C)C)CC3)c2c1.